The van der Waals surface area contributed by atoms with Gasteiger partial charge in [0.1, 0.15) is 4.08 Å². The number of ether oxygens (including phenoxy) is 2. The van der Waals surface area contributed by atoms with E-state index in [1.165, 1.54) is 0 Å². The van der Waals surface area contributed by atoms with Crippen LogP contribution in [0.5, 0.6) is 0 Å². The molecule has 0 N–H and O–H groups in total. The molecule has 2 rings (SSSR count). The molecule has 0 amide bonds. The van der Waals surface area contributed by atoms with Crippen molar-refractivity contribution in [1.29, 1.82) is 0 Å². The highest BCUT2D eigenvalue weighted by atomic mass is 32.2. The van der Waals surface area contributed by atoms with Gasteiger partial charge in [-0.1, -0.05) is 30.2 Å². The van der Waals surface area contributed by atoms with E-state index in [0.717, 1.165) is 22.6 Å². The van der Waals surface area contributed by atoms with Crippen molar-refractivity contribution < 1.29 is 14.3 Å². The van der Waals surface area contributed by atoms with E-state index in [1.807, 2.05) is 12.1 Å². The number of rotatable bonds is 4. The molecular formula is C16H18O3S2. The van der Waals surface area contributed by atoms with E-state index in [0.29, 0.717) is 13.2 Å². The first-order valence-electron chi connectivity index (χ1n) is 6.76. The van der Waals surface area contributed by atoms with Gasteiger partial charge in [-0.15, -0.1) is 23.5 Å². The number of carbonyl (C=O) groups is 1. The smallest absolute Gasteiger partial charge is 0.384 e. The Morgan fingerprint density at radius 1 is 1.29 bits per heavy atom. The summed E-state index contributed by atoms with van der Waals surface area (Å²) in [4.78, 5) is 11.5. The Labute approximate surface area is 134 Å². The number of hydrogen-bond donors (Lipinski definition) is 0. The van der Waals surface area contributed by atoms with Crippen LogP contribution in [0, 0.1) is 11.8 Å². The van der Waals surface area contributed by atoms with Gasteiger partial charge in [0.2, 0.25) is 0 Å². The maximum Gasteiger partial charge on any atom is 0.384 e. The van der Waals surface area contributed by atoms with Crippen molar-refractivity contribution in [3.8, 4) is 11.8 Å². The first-order chi connectivity index (χ1) is 10.2. The quantitative estimate of drug-likeness (QED) is 0.484. The molecule has 0 unspecified atom stereocenters. The van der Waals surface area contributed by atoms with Crippen molar-refractivity contribution in [2.24, 2.45) is 0 Å². The van der Waals surface area contributed by atoms with Gasteiger partial charge in [0.05, 0.1) is 13.2 Å². The summed E-state index contributed by atoms with van der Waals surface area (Å²) in [7, 11) is 1.68. The molecule has 1 aliphatic rings. The lowest BCUT2D eigenvalue weighted by Gasteiger charge is -2.21. The largest absolute Gasteiger partial charge is 0.456 e. The Balaban J connectivity index is 2.23. The zero-order valence-electron chi connectivity index (χ0n) is 12.2. The van der Waals surface area contributed by atoms with Gasteiger partial charge in [-0.05, 0) is 18.1 Å². The number of thioether (sulfide) groups is 2. The molecule has 0 saturated carbocycles. The Bertz CT molecular complexity index is 537. The highest BCUT2D eigenvalue weighted by molar-refractivity contribution is 8.21. The summed E-state index contributed by atoms with van der Waals surface area (Å²) in [5.74, 6) is 7.35. The minimum atomic E-state index is -0.457. The Morgan fingerprint density at radius 2 is 1.95 bits per heavy atom. The van der Waals surface area contributed by atoms with Gasteiger partial charge in [-0.3, -0.25) is 0 Å². The molecule has 112 valence electrons. The molecule has 1 saturated heterocycles. The fourth-order valence-corrected chi connectivity index (χ4v) is 4.94. The number of carbonyl (C=O) groups excluding carboxylic acids is 1. The van der Waals surface area contributed by atoms with Crippen molar-refractivity contribution in [2.75, 3.05) is 25.2 Å². The van der Waals surface area contributed by atoms with Gasteiger partial charge < -0.3 is 9.47 Å². The van der Waals surface area contributed by atoms with Crippen LogP contribution in [-0.2, 0) is 25.0 Å². The summed E-state index contributed by atoms with van der Waals surface area (Å²) in [6, 6.07) is 8.23. The van der Waals surface area contributed by atoms with Crippen LogP contribution < -0.4 is 0 Å². The van der Waals surface area contributed by atoms with Gasteiger partial charge in [0.15, 0.2) is 0 Å². The molecular weight excluding hydrogens is 304 g/mol. The van der Waals surface area contributed by atoms with E-state index in [2.05, 4.69) is 24.0 Å². The molecule has 21 heavy (non-hydrogen) atoms. The topological polar surface area (TPSA) is 35.5 Å². The zero-order chi connectivity index (χ0) is 15.1. The van der Waals surface area contributed by atoms with E-state index in [9.17, 15) is 4.79 Å². The number of hydrogen-bond acceptors (Lipinski definition) is 5. The summed E-state index contributed by atoms with van der Waals surface area (Å²) in [5.41, 5.74) is 2.24. The molecule has 0 radical (unpaired) electrons. The van der Waals surface area contributed by atoms with Gasteiger partial charge in [0, 0.05) is 24.5 Å². The molecule has 5 heteroatoms. The minimum Gasteiger partial charge on any atom is -0.456 e. The standard InChI is InChI=1S/C16H18O3S2/c1-3-19-15(17)8-9-16(20-10-11-21-16)14-6-4-13(5-7-14)12-18-2/h4-7H,3,10-12H2,1-2H3. The van der Waals surface area contributed by atoms with Crippen molar-refractivity contribution in [3.63, 3.8) is 0 Å². The molecule has 1 aromatic rings. The van der Waals surface area contributed by atoms with E-state index >= 15 is 0 Å². The van der Waals surface area contributed by atoms with Crippen molar-refractivity contribution in [3.05, 3.63) is 35.4 Å². The van der Waals surface area contributed by atoms with Gasteiger partial charge >= 0.3 is 5.97 Å². The second-order valence-electron chi connectivity index (χ2n) is 4.41. The third-order valence-corrected chi connectivity index (χ3v) is 6.21. The van der Waals surface area contributed by atoms with Crippen LogP contribution >= 0.6 is 23.5 Å². The summed E-state index contributed by atoms with van der Waals surface area (Å²) in [6.45, 7) is 2.73. The number of methoxy groups -OCH3 is 1. The second kappa shape index (κ2) is 7.79. The van der Waals surface area contributed by atoms with E-state index < -0.39 is 5.97 Å². The van der Waals surface area contributed by atoms with Gasteiger partial charge in [-0.2, -0.15) is 0 Å². The lowest BCUT2D eigenvalue weighted by Crippen LogP contribution is -2.13. The van der Waals surface area contributed by atoms with Crippen molar-refractivity contribution in [1.82, 2.24) is 0 Å². The summed E-state index contributed by atoms with van der Waals surface area (Å²) in [6.07, 6.45) is 0. The molecule has 0 aliphatic carbocycles. The number of esters is 1. The molecule has 1 aromatic carbocycles. The lowest BCUT2D eigenvalue weighted by molar-refractivity contribution is -0.136. The predicted molar refractivity (Wildman–Crippen MR) is 88.2 cm³/mol. The lowest BCUT2D eigenvalue weighted by atomic mass is 10.1. The fourth-order valence-electron chi connectivity index (χ4n) is 2.01. The van der Waals surface area contributed by atoms with Crippen LogP contribution in [0.2, 0.25) is 0 Å². The van der Waals surface area contributed by atoms with Crippen molar-refractivity contribution in [2.45, 2.75) is 17.6 Å². The molecule has 0 aromatic heterocycles. The molecule has 3 nitrogen and oxygen atoms in total. The number of benzene rings is 1. The van der Waals surface area contributed by atoms with E-state index in [1.54, 1.807) is 37.6 Å². The molecule has 1 aliphatic heterocycles. The second-order valence-corrected chi connectivity index (χ2v) is 7.29. The van der Waals surface area contributed by atoms with Crippen LogP contribution in [0.3, 0.4) is 0 Å². The first kappa shape index (κ1) is 16.3. The van der Waals surface area contributed by atoms with E-state index in [4.69, 9.17) is 9.47 Å². The summed E-state index contributed by atoms with van der Waals surface area (Å²) >= 11 is 3.55. The van der Waals surface area contributed by atoms with Crippen LogP contribution in [0.4, 0.5) is 0 Å². The monoisotopic (exact) mass is 322 g/mol. The summed E-state index contributed by atoms with van der Waals surface area (Å²) < 4.78 is 9.65. The predicted octanol–water partition coefficient (Wildman–Crippen LogP) is 3.03. The van der Waals surface area contributed by atoms with Crippen molar-refractivity contribution >= 4 is 29.5 Å². The highest BCUT2D eigenvalue weighted by Gasteiger charge is 2.36. The third-order valence-electron chi connectivity index (χ3n) is 2.94. The molecule has 0 bridgehead atoms. The maximum absolute atomic E-state index is 11.5. The summed E-state index contributed by atoms with van der Waals surface area (Å²) in [5, 5.41) is 0. The zero-order valence-corrected chi connectivity index (χ0v) is 13.8. The normalized spacial score (nSPS) is 16.1. The average Bonchev–Trinajstić information content (AvgIpc) is 2.97. The first-order valence-corrected chi connectivity index (χ1v) is 8.73. The van der Waals surface area contributed by atoms with E-state index in [-0.39, 0.29) is 4.08 Å². The van der Waals surface area contributed by atoms with Gasteiger partial charge in [0.25, 0.3) is 0 Å². The molecule has 1 fully saturated rings. The average molecular weight is 322 g/mol. The van der Waals surface area contributed by atoms with Crippen LogP contribution in [0.1, 0.15) is 18.1 Å². The van der Waals surface area contributed by atoms with Crippen LogP contribution in [-0.4, -0.2) is 31.2 Å². The third kappa shape index (κ3) is 4.19. The Hall–Kier alpha value is -1.09. The minimum absolute atomic E-state index is 0.354. The Morgan fingerprint density at radius 3 is 2.52 bits per heavy atom. The molecule has 0 spiro atoms. The molecule has 0 atom stereocenters. The van der Waals surface area contributed by atoms with Gasteiger partial charge in [-0.25, -0.2) is 4.79 Å². The highest BCUT2D eigenvalue weighted by Crippen LogP contribution is 2.51. The SMILES string of the molecule is CCOC(=O)C#CC1(c2ccc(COC)cc2)SCCS1. The Kier molecular flexibility index (Phi) is 6.04. The van der Waals surface area contributed by atoms with Crippen LogP contribution in [0.25, 0.3) is 0 Å². The fraction of sp³-hybridized carbons (Fsp3) is 0.438. The molecule has 1 heterocycles. The maximum atomic E-state index is 11.5. The van der Waals surface area contributed by atoms with Crippen LogP contribution in [0.15, 0.2) is 24.3 Å².